The zero-order valence-electron chi connectivity index (χ0n) is 10.8. The lowest BCUT2D eigenvalue weighted by Crippen LogP contribution is -2.11. The normalized spacial score (nSPS) is 10.9. The van der Waals surface area contributed by atoms with Crippen LogP contribution in [-0.4, -0.2) is 22.1 Å². The van der Waals surface area contributed by atoms with Crippen molar-refractivity contribution in [2.24, 2.45) is 0 Å². The molecule has 1 amide bonds. The maximum Gasteiger partial charge on any atom is 0.328 e. The molecule has 20 heavy (non-hydrogen) atoms. The highest BCUT2D eigenvalue weighted by atomic mass is 32.1. The molecule has 0 fully saturated rings. The Hall–Kier alpha value is -2.41. The van der Waals surface area contributed by atoms with Crippen LogP contribution in [0.2, 0.25) is 0 Å². The summed E-state index contributed by atoms with van der Waals surface area (Å²) in [5, 5.41) is 16.7. The fourth-order valence-corrected chi connectivity index (χ4v) is 2.27. The van der Waals surface area contributed by atoms with E-state index in [0.29, 0.717) is 22.0 Å². The summed E-state index contributed by atoms with van der Waals surface area (Å²) >= 11 is 1.22. The van der Waals surface area contributed by atoms with Gasteiger partial charge in [-0.25, -0.2) is 4.79 Å². The third kappa shape index (κ3) is 2.94. The predicted octanol–water partition coefficient (Wildman–Crippen LogP) is 2.70. The Morgan fingerprint density at radius 2 is 2.20 bits per heavy atom. The van der Waals surface area contributed by atoms with Gasteiger partial charge >= 0.3 is 5.97 Å². The topological polar surface area (TPSA) is 92.4 Å². The second-order valence-electron chi connectivity index (χ2n) is 4.05. The number of carboxylic acid groups (broad SMARTS) is 1. The van der Waals surface area contributed by atoms with Crippen LogP contribution in [0.5, 0.6) is 0 Å². The number of rotatable bonds is 4. The van der Waals surface area contributed by atoms with Crippen molar-refractivity contribution in [3.8, 4) is 0 Å². The van der Waals surface area contributed by atoms with E-state index in [1.165, 1.54) is 17.4 Å². The smallest absolute Gasteiger partial charge is 0.328 e. The van der Waals surface area contributed by atoms with E-state index in [4.69, 9.17) is 9.63 Å². The minimum atomic E-state index is -1.07. The van der Waals surface area contributed by atoms with Crippen LogP contribution < -0.4 is 5.32 Å². The molecule has 2 aromatic rings. The highest BCUT2D eigenvalue weighted by Crippen LogP contribution is 2.22. The van der Waals surface area contributed by atoms with E-state index in [-0.39, 0.29) is 5.91 Å². The molecule has 0 atom stereocenters. The molecule has 0 saturated heterocycles. The van der Waals surface area contributed by atoms with Crippen molar-refractivity contribution in [1.29, 1.82) is 0 Å². The number of amides is 1. The van der Waals surface area contributed by atoms with E-state index in [1.807, 2.05) is 0 Å². The average Bonchev–Trinajstić information content (AvgIpc) is 2.98. The van der Waals surface area contributed by atoms with Gasteiger partial charge in [0.15, 0.2) is 0 Å². The number of hydrogen-bond acceptors (Lipinski definition) is 5. The molecule has 0 aromatic carbocycles. The number of carbonyl (C=O) groups is 2. The zero-order valence-corrected chi connectivity index (χ0v) is 11.7. The molecule has 104 valence electrons. The Balaban J connectivity index is 2.20. The van der Waals surface area contributed by atoms with Crippen molar-refractivity contribution in [2.75, 3.05) is 5.32 Å². The molecule has 0 saturated carbocycles. The van der Waals surface area contributed by atoms with Crippen LogP contribution in [0.1, 0.15) is 26.5 Å². The Morgan fingerprint density at radius 3 is 2.80 bits per heavy atom. The highest BCUT2D eigenvalue weighted by molar-refractivity contribution is 7.12. The number of aryl methyl sites for hydroxylation is 1. The summed E-state index contributed by atoms with van der Waals surface area (Å²) in [6, 6.07) is 1.68. The first-order valence-corrected chi connectivity index (χ1v) is 6.59. The standard InChI is InChI=1S/C13H12N2O4S/c1-7-8(2)15-19-13(7)14-12(18)11-9(5-6-20-11)3-4-10(16)17/h3-6H,1-2H3,(H,14,18)(H,16,17). The number of carboxylic acids is 1. The number of nitrogens with one attached hydrogen (secondary N) is 1. The molecule has 2 N–H and O–H groups in total. The van der Waals surface area contributed by atoms with Crippen LogP contribution in [0, 0.1) is 13.8 Å². The Kier molecular flexibility index (Phi) is 3.99. The average molecular weight is 292 g/mol. The van der Waals surface area contributed by atoms with Crippen molar-refractivity contribution in [2.45, 2.75) is 13.8 Å². The minimum Gasteiger partial charge on any atom is -0.478 e. The van der Waals surface area contributed by atoms with Gasteiger partial charge in [-0.05, 0) is 36.9 Å². The van der Waals surface area contributed by atoms with E-state index >= 15 is 0 Å². The van der Waals surface area contributed by atoms with Crippen LogP contribution in [-0.2, 0) is 4.79 Å². The summed E-state index contributed by atoms with van der Waals surface area (Å²) < 4.78 is 5.01. The Bertz CT molecular complexity index is 684. The molecule has 0 aliphatic rings. The van der Waals surface area contributed by atoms with Crippen molar-refractivity contribution in [3.05, 3.63) is 39.2 Å². The molecule has 2 aromatic heterocycles. The van der Waals surface area contributed by atoms with Crippen molar-refractivity contribution >= 4 is 35.2 Å². The number of carbonyl (C=O) groups excluding carboxylic acids is 1. The molecule has 0 aliphatic heterocycles. The number of aliphatic carboxylic acids is 1. The molecule has 0 radical (unpaired) electrons. The van der Waals surface area contributed by atoms with Gasteiger partial charge in [0.2, 0.25) is 5.88 Å². The summed E-state index contributed by atoms with van der Waals surface area (Å²) in [6.45, 7) is 3.57. The summed E-state index contributed by atoms with van der Waals surface area (Å²) in [6.07, 6.45) is 2.37. The molecule has 7 heteroatoms. The Labute approximate surface area is 118 Å². The first-order valence-electron chi connectivity index (χ1n) is 5.71. The van der Waals surface area contributed by atoms with Crippen LogP contribution in [0.15, 0.2) is 22.0 Å². The molecule has 0 unspecified atom stereocenters. The maximum atomic E-state index is 12.1. The van der Waals surface area contributed by atoms with Crippen LogP contribution in [0.3, 0.4) is 0 Å². The molecule has 6 nitrogen and oxygen atoms in total. The number of aromatic nitrogens is 1. The first-order chi connectivity index (χ1) is 9.49. The number of hydrogen-bond donors (Lipinski definition) is 2. The van der Waals surface area contributed by atoms with E-state index in [1.54, 1.807) is 25.3 Å². The second kappa shape index (κ2) is 5.70. The van der Waals surface area contributed by atoms with Gasteiger partial charge in [0.05, 0.1) is 10.6 Å². The number of nitrogens with zero attached hydrogens (tertiary/aromatic N) is 1. The zero-order chi connectivity index (χ0) is 14.7. The number of anilines is 1. The molecule has 0 aliphatic carbocycles. The van der Waals surface area contributed by atoms with E-state index in [9.17, 15) is 9.59 Å². The predicted molar refractivity (Wildman–Crippen MR) is 74.9 cm³/mol. The summed E-state index contributed by atoms with van der Waals surface area (Å²) in [5.74, 6) is -1.12. The third-order valence-corrected chi connectivity index (χ3v) is 3.62. The van der Waals surface area contributed by atoms with Gasteiger partial charge in [0, 0.05) is 11.6 Å². The molecular formula is C13H12N2O4S. The van der Waals surface area contributed by atoms with Gasteiger partial charge in [0.25, 0.3) is 5.91 Å². The lowest BCUT2D eigenvalue weighted by atomic mass is 10.2. The van der Waals surface area contributed by atoms with Gasteiger partial charge in [-0.1, -0.05) is 5.16 Å². The van der Waals surface area contributed by atoms with E-state index in [0.717, 1.165) is 11.6 Å². The van der Waals surface area contributed by atoms with E-state index in [2.05, 4.69) is 10.5 Å². The van der Waals surface area contributed by atoms with E-state index < -0.39 is 5.97 Å². The van der Waals surface area contributed by atoms with Gasteiger partial charge in [-0.15, -0.1) is 11.3 Å². The SMILES string of the molecule is Cc1noc(NC(=O)c2sccc2C=CC(=O)O)c1C. The minimum absolute atomic E-state index is 0.300. The van der Waals surface area contributed by atoms with Gasteiger partial charge in [0.1, 0.15) is 0 Å². The fraction of sp³-hybridized carbons (Fsp3) is 0.154. The maximum absolute atomic E-state index is 12.1. The first kappa shape index (κ1) is 14.0. The van der Waals surface area contributed by atoms with Gasteiger partial charge in [-0.2, -0.15) is 0 Å². The number of thiophene rings is 1. The molecule has 0 bridgehead atoms. The molecule has 2 rings (SSSR count). The lowest BCUT2D eigenvalue weighted by molar-refractivity contribution is -0.131. The van der Waals surface area contributed by atoms with Crippen LogP contribution >= 0.6 is 11.3 Å². The lowest BCUT2D eigenvalue weighted by Gasteiger charge is -2.01. The van der Waals surface area contributed by atoms with Crippen molar-refractivity contribution < 1.29 is 19.2 Å². The molecular weight excluding hydrogens is 280 g/mol. The highest BCUT2D eigenvalue weighted by Gasteiger charge is 2.16. The quantitative estimate of drug-likeness (QED) is 0.845. The largest absolute Gasteiger partial charge is 0.478 e. The fourth-order valence-electron chi connectivity index (χ4n) is 1.49. The van der Waals surface area contributed by atoms with Gasteiger partial charge in [-0.3, -0.25) is 10.1 Å². The van der Waals surface area contributed by atoms with Crippen molar-refractivity contribution in [3.63, 3.8) is 0 Å². The third-order valence-electron chi connectivity index (χ3n) is 2.69. The molecule has 0 spiro atoms. The monoisotopic (exact) mass is 292 g/mol. The second-order valence-corrected chi connectivity index (χ2v) is 4.97. The van der Waals surface area contributed by atoms with Crippen LogP contribution in [0.25, 0.3) is 6.08 Å². The summed E-state index contributed by atoms with van der Waals surface area (Å²) in [5.41, 5.74) is 2.01. The summed E-state index contributed by atoms with van der Waals surface area (Å²) in [7, 11) is 0. The van der Waals surface area contributed by atoms with Gasteiger partial charge < -0.3 is 9.63 Å². The summed E-state index contributed by atoms with van der Waals surface area (Å²) in [4.78, 5) is 23.1. The molecule has 2 heterocycles. The Morgan fingerprint density at radius 1 is 1.45 bits per heavy atom. The van der Waals surface area contributed by atoms with Crippen LogP contribution in [0.4, 0.5) is 5.88 Å². The van der Waals surface area contributed by atoms with Crippen molar-refractivity contribution in [1.82, 2.24) is 5.16 Å².